The SMILES string of the molecule is CCOC(=O)COC(=O)CCn1c(=O)oc2ccccc21. The fourth-order valence-electron chi connectivity index (χ4n) is 1.84. The summed E-state index contributed by atoms with van der Waals surface area (Å²) in [4.78, 5) is 34.2. The van der Waals surface area contributed by atoms with Gasteiger partial charge in [0, 0.05) is 6.54 Å². The highest BCUT2D eigenvalue weighted by Gasteiger charge is 2.12. The van der Waals surface area contributed by atoms with Crippen LogP contribution in [0.25, 0.3) is 11.1 Å². The van der Waals surface area contributed by atoms with Gasteiger partial charge in [0.15, 0.2) is 12.2 Å². The number of carbonyl (C=O) groups is 2. The van der Waals surface area contributed by atoms with E-state index in [-0.39, 0.29) is 19.6 Å². The van der Waals surface area contributed by atoms with E-state index in [4.69, 9.17) is 9.15 Å². The molecule has 0 atom stereocenters. The average molecular weight is 293 g/mol. The molecule has 0 aliphatic carbocycles. The molecule has 0 saturated heterocycles. The summed E-state index contributed by atoms with van der Waals surface area (Å²) in [5.41, 5.74) is 1.07. The van der Waals surface area contributed by atoms with Crippen LogP contribution in [-0.2, 0) is 25.6 Å². The molecule has 0 N–H and O–H groups in total. The Bertz CT molecular complexity index is 699. The highest BCUT2D eigenvalue weighted by atomic mass is 16.6. The van der Waals surface area contributed by atoms with Gasteiger partial charge in [0.25, 0.3) is 0 Å². The Balaban J connectivity index is 1.93. The zero-order valence-electron chi connectivity index (χ0n) is 11.5. The molecule has 0 aliphatic heterocycles. The third kappa shape index (κ3) is 3.71. The molecule has 0 unspecified atom stereocenters. The molecule has 0 spiro atoms. The summed E-state index contributed by atoms with van der Waals surface area (Å²) in [6, 6.07) is 6.92. The maximum absolute atomic E-state index is 11.7. The first-order valence-electron chi connectivity index (χ1n) is 6.51. The van der Waals surface area contributed by atoms with Gasteiger partial charge in [0.05, 0.1) is 18.5 Å². The van der Waals surface area contributed by atoms with Crippen LogP contribution < -0.4 is 5.76 Å². The van der Waals surface area contributed by atoms with Gasteiger partial charge in [0.2, 0.25) is 0 Å². The molecule has 7 nitrogen and oxygen atoms in total. The van der Waals surface area contributed by atoms with Gasteiger partial charge in [0.1, 0.15) is 0 Å². The van der Waals surface area contributed by atoms with Gasteiger partial charge in [-0.15, -0.1) is 0 Å². The van der Waals surface area contributed by atoms with Crippen molar-refractivity contribution in [1.29, 1.82) is 0 Å². The van der Waals surface area contributed by atoms with E-state index < -0.39 is 24.3 Å². The van der Waals surface area contributed by atoms with E-state index >= 15 is 0 Å². The number of fused-ring (bicyclic) bond motifs is 1. The molecule has 112 valence electrons. The van der Waals surface area contributed by atoms with Crippen LogP contribution in [0.2, 0.25) is 0 Å². The number of carbonyl (C=O) groups excluding carboxylic acids is 2. The zero-order chi connectivity index (χ0) is 15.2. The quantitative estimate of drug-likeness (QED) is 0.741. The minimum Gasteiger partial charge on any atom is -0.463 e. The largest absolute Gasteiger partial charge is 0.463 e. The van der Waals surface area contributed by atoms with Crippen LogP contribution in [0.5, 0.6) is 0 Å². The standard InChI is InChI=1S/C14H15NO6/c1-2-19-13(17)9-20-12(16)7-8-15-10-5-3-4-6-11(10)21-14(15)18/h3-6H,2,7-9H2,1H3. The van der Waals surface area contributed by atoms with Crippen molar-refractivity contribution in [2.24, 2.45) is 0 Å². The van der Waals surface area contributed by atoms with Crippen molar-refractivity contribution in [3.05, 3.63) is 34.8 Å². The number of ether oxygens (including phenoxy) is 2. The van der Waals surface area contributed by atoms with Crippen LogP contribution in [0.1, 0.15) is 13.3 Å². The Labute approximate surface area is 120 Å². The van der Waals surface area contributed by atoms with Crippen LogP contribution in [-0.4, -0.2) is 29.7 Å². The van der Waals surface area contributed by atoms with Gasteiger partial charge < -0.3 is 13.9 Å². The summed E-state index contributed by atoms with van der Waals surface area (Å²) < 4.78 is 15.8. The predicted octanol–water partition coefficient (Wildman–Crippen LogP) is 1.09. The highest BCUT2D eigenvalue weighted by molar-refractivity contribution is 5.76. The molecule has 0 aliphatic rings. The van der Waals surface area contributed by atoms with E-state index in [1.807, 2.05) is 0 Å². The Morgan fingerprint density at radius 1 is 1.19 bits per heavy atom. The van der Waals surface area contributed by atoms with Gasteiger partial charge in [-0.3, -0.25) is 9.36 Å². The average Bonchev–Trinajstić information content (AvgIpc) is 2.79. The van der Waals surface area contributed by atoms with Crippen molar-refractivity contribution < 1.29 is 23.5 Å². The number of esters is 2. The maximum atomic E-state index is 11.7. The number of oxazole rings is 1. The highest BCUT2D eigenvalue weighted by Crippen LogP contribution is 2.12. The normalized spacial score (nSPS) is 10.5. The van der Waals surface area contributed by atoms with E-state index in [2.05, 4.69) is 4.74 Å². The lowest BCUT2D eigenvalue weighted by Crippen LogP contribution is -2.20. The second kappa shape index (κ2) is 6.74. The van der Waals surface area contributed by atoms with Gasteiger partial charge in [-0.2, -0.15) is 0 Å². The summed E-state index contributed by atoms with van der Waals surface area (Å²) in [6.45, 7) is 1.59. The van der Waals surface area contributed by atoms with E-state index in [9.17, 15) is 14.4 Å². The third-order valence-electron chi connectivity index (χ3n) is 2.77. The Morgan fingerprint density at radius 3 is 2.71 bits per heavy atom. The molecule has 0 radical (unpaired) electrons. The van der Waals surface area contributed by atoms with Gasteiger partial charge >= 0.3 is 17.7 Å². The summed E-state index contributed by atoms with van der Waals surface area (Å²) in [7, 11) is 0. The molecular formula is C14H15NO6. The molecule has 1 aromatic heterocycles. The Morgan fingerprint density at radius 2 is 1.95 bits per heavy atom. The van der Waals surface area contributed by atoms with Crippen molar-refractivity contribution in [2.75, 3.05) is 13.2 Å². The maximum Gasteiger partial charge on any atom is 0.419 e. The van der Waals surface area contributed by atoms with Gasteiger partial charge in [-0.05, 0) is 19.1 Å². The lowest BCUT2D eigenvalue weighted by atomic mass is 10.3. The van der Waals surface area contributed by atoms with Crippen molar-refractivity contribution in [3.8, 4) is 0 Å². The number of aryl methyl sites for hydroxylation is 1. The fraction of sp³-hybridized carbons (Fsp3) is 0.357. The Hall–Kier alpha value is -2.57. The number of aromatic nitrogens is 1. The molecule has 1 heterocycles. The molecule has 0 saturated carbocycles. The zero-order valence-corrected chi connectivity index (χ0v) is 11.5. The van der Waals surface area contributed by atoms with Crippen molar-refractivity contribution in [3.63, 3.8) is 0 Å². The smallest absolute Gasteiger partial charge is 0.419 e. The monoisotopic (exact) mass is 293 g/mol. The molecule has 2 aromatic rings. The first-order chi connectivity index (χ1) is 10.1. The molecule has 1 aromatic carbocycles. The molecule has 0 amide bonds. The Kier molecular flexibility index (Phi) is 4.76. The number of rotatable bonds is 6. The topological polar surface area (TPSA) is 87.7 Å². The van der Waals surface area contributed by atoms with E-state index in [0.717, 1.165) is 0 Å². The van der Waals surface area contributed by atoms with Crippen LogP contribution >= 0.6 is 0 Å². The van der Waals surface area contributed by atoms with Crippen LogP contribution in [0, 0.1) is 0 Å². The van der Waals surface area contributed by atoms with Crippen LogP contribution in [0.3, 0.4) is 0 Å². The van der Waals surface area contributed by atoms with Gasteiger partial charge in [-0.25, -0.2) is 9.59 Å². The van der Waals surface area contributed by atoms with Crippen molar-refractivity contribution in [1.82, 2.24) is 4.57 Å². The second-order valence-corrected chi connectivity index (χ2v) is 4.20. The third-order valence-corrected chi connectivity index (χ3v) is 2.77. The number of nitrogens with zero attached hydrogens (tertiary/aromatic N) is 1. The molecule has 7 heteroatoms. The summed E-state index contributed by atoms with van der Waals surface area (Å²) in [5.74, 6) is -1.72. The van der Waals surface area contributed by atoms with Crippen LogP contribution in [0.15, 0.2) is 33.5 Å². The number of hydrogen-bond acceptors (Lipinski definition) is 6. The van der Waals surface area contributed by atoms with Crippen molar-refractivity contribution in [2.45, 2.75) is 19.9 Å². The molecule has 0 bridgehead atoms. The van der Waals surface area contributed by atoms with E-state index in [1.54, 1.807) is 31.2 Å². The lowest BCUT2D eigenvalue weighted by molar-refractivity contribution is -0.158. The molecule has 0 fully saturated rings. The second-order valence-electron chi connectivity index (χ2n) is 4.20. The van der Waals surface area contributed by atoms with E-state index in [0.29, 0.717) is 11.1 Å². The fourth-order valence-corrected chi connectivity index (χ4v) is 1.84. The molecular weight excluding hydrogens is 278 g/mol. The first-order valence-corrected chi connectivity index (χ1v) is 6.51. The summed E-state index contributed by atoms with van der Waals surface area (Å²) >= 11 is 0. The summed E-state index contributed by atoms with van der Waals surface area (Å²) in [5, 5.41) is 0. The van der Waals surface area contributed by atoms with E-state index in [1.165, 1.54) is 4.57 Å². The van der Waals surface area contributed by atoms with Gasteiger partial charge in [-0.1, -0.05) is 12.1 Å². The lowest BCUT2D eigenvalue weighted by Gasteiger charge is -2.05. The number of benzene rings is 1. The van der Waals surface area contributed by atoms with Crippen LogP contribution in [0.4, 0.5) is 0 Å². The minimum atomic E-state index is -0.600. The minimum absolute atomic E-state index is 0.0388. The first kappa shape index (κ1) is 14.8. The molecule has 21 heavy (non-hydrogen) atoms. The predicted molar refractivity (Wildman–Crippen MR) is 72.7 cm³/mol. The summed E-state index contributed by atoms with van der Waals surface area (Å²) in [6.07, 6.45) is -0.0388. The van der Waals surface area contributed by atoms with Crippen molar-refractivity contribution >= 4 is 23.0 Å². The number of para-hydroxylation sites is 2. The number of hydrogen-bond donors (Lipinski definition) is 0. The molecule has 2 rings (SSSR count).